The number of thiol groups is 1. The number of aryl methyl sites for hydroxylation is 1. The van der Waals surface area contributed by atoms with Crippen LogP contribution in [0, 0.1) is 6.92 Å². The minimum Gasteiger partial charge on any atom is -0.507 e. The number of phenols is 1. The fraction of sp³-hybridized carbons (Fsp3) is 0.417. The largest absolute Gasteiger partial charge is 0.507 e. The van der Waals surface area contributed by atoms with Crippen LogP contribution in [0.3, 0.4) is 0 Å². The zero-order valence-corrected chi connectivity index (χ0v) is 10.9. The van der Waals surface area contributed by atoms with E-state index in [2.05, 4.69) is 12.6 Å². The van der Waals surface area contributed by atoms with Crippen molar-refractivity contribution in [1.29, 1.82) is 0 Å². The third-order valence-corrected chi connectivity index (χ3v) is 2.76. The molecular weight excluding hydrogens is 222 g/mol. The van der Waals surface area contributed by atoms with E-state index in [0.29, 0.717) is 11.1 Å². The maximum absolute atomic E-state index is 12.0. The Hall–Kier alpha value is -1.16. The van der Waals surface area contributed by atoms with Gasteiger partial charge in [0, 0.05) is 19.3 Å². The van der Waals surface area contributed by atoms with Crippen LogP contribution in [0.15, 0.2) is 12.1 Å². The molecule has 88 valence electrons. The Labute approximate surface area is 101 Å². The molecule has 1 amide bonds. The molecule has 0 aliphatic rings. The molecule has 1 rings (SSSR count). The van der Waals surface area contributed by atoms with Crippen molar-refractivity contribution in [2.24, 2.45) is 0 Å². The summed E-state index contributed by atoms with van der Waals surface area (Å²) in [5.41, 5.74) is 1.81. The van der Waals surface area contributed by atoms with Gasteiger partial charge in [-0.3, -0.25) is 4.79 Å². The first kappa shape index (κ1) is 12.9. The first-order valence-corrected chi connectivity index (χ1v) is 5.60. The second kappa shape index (κ2) is 4.78. The van der Waals surface area contributed by atoms with Gasteiger partial charge < -0.3 is 10.0 Å². The summed E-state index contributed by atoms with van der Waals surface area (Å²) in [5, 5.41) is 9.87. The van der Waals surface area contributed by atoms with Crippen LogP contribution >= 0.6 is 12.6 Å². The molecule has 0 heterocycles. The average Bonchev–Trinajstić information content (AvgIpc) is 2.20. The number of amides is 1. The Bertz CT molecular complexity index is 414. The Morgan fingerprint density at radius 1 is 1.44 bits per heavy atom. The smallest absolute Gasteiger partial charge is 0.257 e. The zero-order chi connectivity index (χ0) is 12.5. The Morgan fingerprint density at radius 3 is 2.44 bits per heavy atom. The van der Waals surface area contributed by atoms with Crippen molar-refractivity contribution < 1.29 is 9.90 Å². The summed E-state index contributed by atoms with van der Waals surface area (Å²) in [7, 11) is 3.33. The van der Waals surface area contributed by atoms with Crippen LogP contribution in [0.1, 0.15) is 33.7 Å². The van der Waals surface area contributed by atoms with Gasteiger partial charge in [0.1, 0.15) is 5.75 Å². The molecule has 1 N–H and O–H groups in total. The Morgan fingerprint density at radius 2 is 2.00 bits per heavy atom. The van der Waals surface area contributed by atoms with Gasteiger partial charge in [0.2, 0.25) is 0 Å². The van der Waals surface area contributed by atoms with Gasteiger partial charge in [0.05, 0.1) is 5.56 Å². The average molecular weight is 239 g/mol. The van der Waals surface area contributed by atoms with Crippen molar-refractivity contribution in [3.05, 3.63) is 28.8 Å². The van der Waals surface area contributed by atoms with Crippen LogP contribution in [-0.2, 0) is 0 Å². The number of phenolic OH excluding ortho intramolecular Hbond substituents is 1. The van der Waals surface area contributed by atoms with E-state index in [0.717, 1.165) is 5.56 Å². The number of carbonyl (C=O) groups excluding carboxylic acids is 1. The monoisotopic (exact) mass is 239 g/mol. The van der Waals surface area contributed by atoms with Crippen LogP contribution in [-0.4, -0.2) is 30.0 Å². The van der Waals surface area contributed by atoms with Crippen molar-refractivity contribution in [1.82, 2.24) is 4.90 Å². The molecule has 0 unspecified atom stereocenters. The van der Waals surface area contributed by atoms with E-state index in [-0.39, 0.29) is 16.9 Å². The third kappa shape index (κ3) is 2.32. The number of rotatable bonds is 2. The second-order valence-electron chi connectivity index (χ2n) is 4.07. The summed E-state index contributed by atoms with van der Waals surface area (Å²) in [5.74, 6) is -0.144. The molecule has 0 fully saturated rings. The fourth-order valence-electron chi connectivity index (χ4n) is 1.51. The number of hydrogen-bond acceptors (Lipinski definition) is 3. The highest BCUT2D eigenvalue weighted by molar-refractivity contribution is 7.80. The molecule has 0 aliphatic heterocycles. The number of carbonyl (C=O) groups is 1. The molecule has 0 saturated heterocycles. The first-order valence-electron chi connectivity index (χ1n) is 5.08. The van der Waals surface area contributed by atoms with Gasteiger partial charge in [-0.05, 0) is 25.0 Å². The fourth-order valence-corrected chi connectivity index (χ4v) is 1.72. The molecule has 1 aromatic rings. The van der Waals surface area contributed by atoms with Crippen molar-refractivity contribution in [3.8, 4) is 5.75 Å². The van der Waals surface area contributed by atoms with Gasteiger partial charge in [-0.1, -0.05) is 12.1 Å². The van der Waals surface area contributed by atoms with E-state index in [1.165, 1.54) is 4.90 Å². The summed E-state index contributed by atoms with van der Waals surface area (Å²) in [6.45, 7) is 3.65. The topological polar surface area (TPSA) is 40.5 Å². The molecule has 0 aliphatic carbocycles. The van der Waals surface area contributed by atoms with E-state index >= 15 is 0 Å². The van der Waals surface area contributed by atoms with Gasteiger partial charge in [0.25, 0.3) is 5.91 Å². The van der Waals surface area contributed by atoms with Crippen LogP contribution < -0.4 is 0 Å². The van der Waals surface area contributed by atoms with E-state index in [9.17, 15) is 9.90 Å². The number of hydrogen-bond donors (Lipinski definition) is 2. The second-order valence-corrected chi connectivity index (χ2v) is 4.85. The molecule has 4 heteroatoms. The SMILES string of the molecule is Cc1ccc([C@@H](C)S)c(C(=O)N(C)C)c1O. The van der Waals surface area contributed by atoms with Crippen molar-refractivity contribution in [3.63, 3.8) is 0 Å². The number of aromatic hydroxyl groups is 1. The molecule has 0 aromatic heterocycles. The highest BCUT2D eigenvalue weighted by Crippen LogP contribution is 2.32. The minimum absolute atomic E-state index is 0.0529. The van der Waals surface area contributed by atoms with E-state index < -0.39 is 0 Å². The Balaban J connectivity index is 3.43. The summed E-state index contributed by atoms with van der Waals surface area (Å²) in [6, 6.07) is 3.63. The van der Waals surface area contributed by atoms with Gasteiger partial charge >= 0.3 is 0 Å². The predicted molar refractivity (Wildman–Crippen MR) is 68.3 cm³/mol. The molecule has 0 bridgehead atoms. The minimum atomic E-state index is -0.197. The number of benzene rings is 1. The van der Waals surface area contributed by atoms with Gasteiger partial charge in [-0.15, -0.1) is 0 Å². The van der Waals surface area contributed by atoms with Crippen molar-refractivity contribution >= 4 is 18.5 Å². The summed E-state index contributed by atoms with van der Waals surface area (Å²) >= 11 is 4.32. The lowest BCUT2D eigenvalue weighted by Gasteiger charge is -2.18. The molecule has 1 aromatic carbocycles. The maximum Gasteiger partial charge on any atom is 0.257 e. The highest BCUT2D eigenvalue weighted by Gasteiger charge is 2.21. The zero-order valence-electron chi connectivity index (χ0n) is 9.98. The highest BCUT2D eigenvalue weighted by atomic mass is 32.1. The summed E-state index contributed by atoms with van der Waals surface area (Å²) in [6.07, 6.45) is 0. The molecule has 3 nitrogen and oxygen atoms in total. The van der Waals surface area contributed by atoms with Crippen molar-refractivity contribution in [2.75, 3.05) is 14.1 Å². The summed E-state index contributed by atoms with van der Waals surface area (Å²) in [4.78, 5) is 13.4. The van der Waals surface area contributed by atoms with E-state index in [1.54, 1.807) is 27.1 Å². The normalized spacial score (nSPS) is 12.3. The molecule has 0 radical (unpaired) electrons. The standard InChI is InChI=1S/C12H17NO2S/c1-7-5-6-9(8(2)16)10(11(7)14)12(15)13(3)4/h5-6,8,14,16H,1-4H3/t8-/m1/s1. The number of nitrogens with zero attached hydrogens (tertiary/aromatic N) is 1. The van der Waals surface area contributed by atoms with Gasteiger partial charge in [-0.2, -0.15) is 12.6 Å². The lowest BCUT2D eigenvalue weighted by molar-refractivity contribution is 0.0823. The molecule has 0 saturated carbocycles. The first-order chi connectivity index (χ1) is 7.36. The quantitative estimate of drug-likeness (QED) is 0.778. The van der Waals surface area contributed by atoms with Gasteiger partial charge in [0.15, 0.2) is 0 Å². The molecule has 0 spiro atoms. The van der Waals surface area contributed by atoms with Crippen LogP contribution in [0.4, 0.5) is 0 Å². The van der Waals surface area contributed by atoms with Crippen LogP contribution in [0.2, 0.25) is 0 Å². The summed E-state index contributed by atoms with van der Waals surface area (Å²) < 4.78 is 0. The predicted octanol–water partition coefficient (Wildman–Crippen LogP) is 2.39. The van der Waals surface area contributed by atoms with Crippen LogP contribution in [0.5, 0.6) is 5.75 Å². The molecular formula is C12H17NO2S. The van der Waals surface area contributed by atoms with E-state index in [1.807, 2.05) is 13.0 Å². The lowest BCUT2D eigenvalue weighted by Crippen LogP contribution is -2.23. The van der Waals surface area contributed by atoms with E-state index in [4.69, 9.17) is 0 Å². The molecule has 16 heavy (non-hydrogen) atoms. The molecule has 1 atom stereocenters. The van der Waals surface area contributed by atoms with Crippen LogP contribution in [0.25, 0.3) is 0 Å². The Kier molecular flexibility index (Phi) is 3.86. The maximum atomic E-state index is 12.0. The third-order valence-electron chi connectivity index (χ3n) is 2.48. The van der Waals surface area contributed by atoms with Crippen molar-refractivity contribution in [2.45, 2.75) is 19.1 Å². The van der Waals surface area contributed by atoms with Gasteiger partial charge in [-0.25, -0.2) is 0 Å². The lowest BCUT2D eigenvalue weighted by atomic mass is 9.99.